The zero-order valence-corrected chi connectivity index (χ0v) is 21.1. The van der Waals surface area contributed by atoms with Crippen LogP contribution in [-0.4, -0.2) is 43.4 Å². The van der Waals surface area contributed by atoms with Crippen molar-refractivity contribution < 1.29 is 4.79 Å². The average molecular weight is 522 g/mol. The molecule has 0 aliphatic rings. The molecular formula is C24H35IN4O. The molecule has 1 unspecified atom stereocenters. The van der Waals surface area contributed by atoms with E-state index in [2.05, 4.69) is 53.7 Å². The van der Waals surface area contributed by atoms with Gasteiger partial charge in [-0.1, -0.05) is 48.9 Å². The fourth-order valence-corrected chi connectivity index (χ4v) is 3.21. The van der Waals surface area contributed by atoms with Gasteiger partial charge in [0.15, 0.2) is 5.96 Å². The van der Waals surface area contributed by atoms with Crippen LogP contribution >= 0.6 is 24.0 Å². The van der Waals surface area contributed by atoms with Crippen LogP contribution in [0.5, 0.6) is 0 Å². The van der Waals surface area contributed by atoms with E-state index >= 15 is 0 Å². The molecule has 0 fully saturated rings. The summed E-state index contributed by atoms with van der Waals surface area (Å²) < 4.78 is 0. The van der Waals surface area contributed by atoms with E-state index in [9.17, 15) is 4.79 Å². The lowest BCUT2D eigenvalue weighted by molar-refractivity contribution is 0.0773. The minimum atomic E-state index is 0. The summed E-state index contributed by atoms with van der Waals surface area (Å²) in [6, 6.07) is 16.4. The van der Waals surface area contributed by atoms with Gasteiger partial charge in [0.1, 0.15) is 0 Å². The standard InChI is InChI=1S/C24H34N4O.HI/c1-6-28(7-2)23(29)21-13-11-20(12-14-21)17-27-24(25-5)26-16-19(4)22-10-8-9-18(3)15-22;/h8-15,19H,6-7,16-17H2,1-5H3,(H2,25,26,27);1H. The van der Waals surface area contributed by atoms with E-state index in [0.717, 1.165) is 36.7 Å². The van der Waals surface area contributed by atoms with Crippen molar-refractivity contribution in [2.45, 2.75) is 40.2 Å². The summed E-state index contributed by atoms with van der Waals surface area (Å²) in [5, 5.41) is 6.74. The molecule has 2 aromatic rings. The van der Waals surface area contributed by atoms with Crippen LogP contribution < -0.4 is 10.6 Å². The van der Waals surface area contributed by atoms with E-state index in [1.807, 2.05) is 43.0 Å². The quantitative estimate of drug-likeness (QED) is 0.304. The summed E-state index contributed by atoms with van der Waals surface area (Å²) in [6.07, 6.45) is 0. The molecular weight excluding hydrogens is 487 g/mol. The Morgan fingerprint density at radius 3 is 2.30 bits per heavy atom. The smallest absolute Gasteiger partial charge is 0.253 e. The lowest BCUT2D eigenvalue weighted by Crippen LogP contribution is -2.38. The molecule has 1 amide bonds. The highest BCUT2D eigenvalue weighted by Gasteiger charge is 2.12. The van der Waals surface area contributed by atoms with Crippen molar-refractivity contribution >= 4 is 35.8 Å². The van der Waals surface area contributed by atoms with Crippen LogP contribution in [0.4, 0.5) is 0 Å². The number of guanidine groups is 1. The Morgan fingerprint density at radius 1 is 1.07 bits per heavy atom. The fraction of sp³-hybridized carbons (Fsp3) is 0.417. The molecule has 0 saturated carbocycles. The second-order valence-corrected chi connectivity index (χ2v) is 7.30. The molecule has 5 nitrogen and oxygen atoms in total. The molecule has 30 heavy (non-hydrogen) atoms. The number of hydrogen-bond acceptors (Lipinski definition) is 2. The number of carbonyl (C=O) groups excluding carboxylic acids is 1. The number of aryl methyl sites for hydroxylation is 1. The van der Waals surface area contributed by atoms with Gasteiger partial charge in [-0.25, -0.2) is 0 Å². The topological polar surface area (TPSA) is 56.7 Å². The summed E-state index contributed by atoms with van der Waals surface area (Å²) in [5.74, 6) is 1.24. The van der Waals surface area contributed by atoms with E-state index in [1.165, 1.54) is 11.1 Å². The van der Waals surface area contributed by atoms with Gasteiger partial charge in [0, 0.05) is 38.8 Å². The molecule has 0 radical (unpaired) electrons. The lowest BCUT2D eigenvalue weighted by atomic mass is 9.99. The number of hydrogen-bond donors (Lipinski definition) is 2. The van der Waals surface area contributed by atoms with Crippen LogP contribution in [-0.2, 0) is 6.54 Å². The molecule has 1 atom stereocenters. The highest BCUT2D eigenvalue weighted by molar-refractivity contribution is 14.0. The van der Waals surface area contributed by atoms with E-state index in [1.54, 1.807) is 7.05 Å². The number of amides is 1. The maximum Gasteiger partial charge on any atom is 0.253 e. The van der Waals surface area contributed by atoms with Gasteiger partial charge in [-0.3, -0.25) is 9.79 Å². The monoisotopic (exact) mass is 522 g/mol. The Morgan fingerprint density at radius 2 is 1.73 bits per heavy atom. The average Bonchev–Trinajstić information content (AvgIpc) is 2.74. The van der Waals surface area contributed by atoms with Crippen molar-refractivity contribution in [3.05, 3.63) is 70.8 Å². The molecule has 0 aliphatic carbocycles. The summed E-state index contributed by atoms with van der Waals surface area (Å²) >= 11 is 0. The zero-order valence-electron chi connectivity index (χ0n) is 18.7. The SMILES string of the molecule is CCN(CC)C(=O)c1ccc(CNC(=NC)NCC(C)c2cccc(C)c2)cc1.I. The number of nitrogens with zero attached hydrogens (tertiary/aromatic N) is 2. The Balaban J connectivity index is 0.00000450. The van der Waals surface area contributed by atoms with Crippen LogP contribution in [0.3, 0.4) is 0 Å². The minimum Gasteiger partial charge on any atom is -0.356 e. The van der Waals surface area contributed by atoms with E-state index < -0.39 is 0 Å². The lowest BCUT2D eigenvalue weighted by Gasteiger charge is -2.19. The van der Waals surface area contributed by atoms with E-state index in [-0.39, 0.29) is 29.9 Å². The van der Waals surface area contributed by atoms with Crippen LogP contribution in [0.1, 0.15) is 53.7 Å². The molecule has 2 aromatic carbocycles. The van der Waals surface area contributed by atoms with Crippen LogP contribution in [0.15, 0.2) is 53.5 Å². The summed E-state index contributed by atoms with van der Waals surface area (Å²) in [5.41, 5.74) is 4.43. The first-order chi connectivity index (χ1) is 14.0. The molecule has 2 N–H and O–H groups in total. The van der Waals surface area contributed by atoms with Crippen LogP contribution in [0.2, 0.25) is 0 Å². The maximum absolute atomic E-state index is 12.4. The first kappa shape index (κ1) is 25.9. The predicted octanol–water partition coefficient (Wildman–Crippen LogP) is 4.56. The first-order valence-corrected chi connectivity index (χ1v) is 10.4. The molecule has 0 aromatic heterocycles. The Hall–Kier alpha value is -2.09. The highest BCUT2D eigenvalue weighted by atomic mass is 127. The number of carbonyl (C=O) groups is 1. The summed E-state index contributed by atoms with van der Waals surface area (Å²) in [6.45, 7) is 11.2. The van der Waals surface area contributed by atoms with Crippen molar-refractivity contribution in [2.75, 3.05) is 26.7 Å². The highest BCUT2D eigenvalue weighted by Crippen LogP contribution is 2.15. The Labute approximate surface area is 198 Å². The van der Waals surface area contributed by atoms with E-state index in [0.29, 0.717) is 12.5 Å². The van der Waals surface area contributed by atoms with Gasteiger partial charge in [-0.2, -0.15) is 0 Å². The Kier molecular flexibility index (Phi) is 11.5. The van der Waals surface area contributed by atoms with Crippen molar-refractivity contribution in [1.29, 1.82) is 0 Å². The molecule has 0 saturated heterocycles. The van der Waals surface area contributed by atoms with Crippen LogP contribution in [0.25, 0.3) is 0 Å². The van der Waals surface area contributed by atoms with Gasteiger partial charge in [0.2, 0.25) is 0 Å². The largest absolute Gasteiger partial charge is 0.356 e. The fourth-order valence-electron chi connectivity index (χ4n) is 3.21. The normalized spacial score (nSPS) is 12.0. The maximum atomic E-state index is 12.4. The molecule has 0 aliphatic heterocycles. The molecule has 0 heterocycles. The minimum absolute atomic E-state index is 0. The van der Waals surface area contributed by atoms with Gasteiger partial charge in [-0.15, -0.1) is 24.0 Å². The third-order valence-corrected chi connectivity index (χ3v) is 5.12. The molecule has 0 spiro atoms. The van der Waals surface area contributed by atoms with Gasteiger partial charge < -0.3 is 15.5 Å². The number of aliphatic imine (C=N–C) groups is 1. The van der Waals surface area contributed by atoms with Gasteiger partial charge >= 0.3 is 0 Å². The molecule has 6 heteroatoms. The number of benzene rings is 2. The second kappa shape index (κ2) is 13.3. The third-order valence-electron chi connectivity index (χ3n) is 5.12. The molecule has 0 bridgehead atoms. The van der Waals surface area contributed by atoms with Crippen molar-refractivity contribution in [2.24, 2.45) is 4.99 Å². The van der Waals surface area contributed by atoms with E-state index in [4.69, 9.17) is 0 Å². The van der Waals surface area contributed by atoms with Crippen molar-refractivity contribution in [1.82, 2.24) is 15.5 Å². The summed E-state index contributed by atoms with van der Waals surface area (Å²) in [4.78, 5) is 18.5. The third kappa shape index (κ3) is 7.63. The first-order valence-electron chi connectivity index (χ1n) is 10.4. The summed E-state index contributed by atoms with van der Waals surface area (Å²) in [7, 11) is 1.78. The zero-order chi connectivity index (χ0) is 21.2. The number of nitrogens with one attached hydrogen (secondary N) is 2. The van der Waals surface area contributed by atoms with Gasteiger partial charge in [0.25, 0.3) is 5.91 Å². The predicted molar refractivity (Wildman–Crippen MR) is 137 cm³/mol. The van der Waals surface area contributed by atoms with Gasteiger partial charge in [-0.05, 0) is 49.9 Å². The van der Waals surface area contributed by atoms with Gasteiger partial charge in [0.05, 0.1) is 0 Å². The Bertz CT molecular complexity index is 816. The van der Waals surface area contributed by atoms with Crippen molar-refractivity contribution in [3.8, 4) is 0 Å². The molecule has 164 valence electrons. The second-order valence-electron chi connectivity index (χ2n) is 7.30. The number of rotatable bonds is 8. The number of halogens is 1. The molecule has 2 rings (SSSR count). The van der Waals surface area contributed by atoms with Crippen LogP contribution in [0, 0.1) is 6.92 Å². The van der Waals surface area contributed by atoms with Crippen molar-refractivity contribution in [3.63, 3.8) is 0 Å².